The topological polar surface area (TPSA) is 94.8 Å². The van der Waals surface area contributed by atoms with Crippen LogP contribution in [0.25, 0.3) is 0 Å². The molecule has 8 heteroatoms. The third-order valence-electron chi connectivity index (χ3n) is 4.32. The highest BCUT2D eigenvalue weighted by Gasteiger charge is 2.27. The van der Waals surface area contributed by atoms with E-state index in [4.69, 9.17) is 4.74 Å². The first kappa shape index (κ1) is 22.1. The highest BCUT2D eigenvalue weighted by Crippen LogP contribution is 2.39. The number of hydrogen-bond acceptors (Lipinski definition) is 6. The minimum Gasteiger partial charge on any atom is -0.449 e. The maximum absolute atomic E-state index is 12.2. The largest absolute Gasteiger partial charge is 0.449 e. The van der Waals surface area contributed by atoms with Gasteiger partial charge in [-0.05, 0) is 42.4 Å². The summed E-state index contributed by atoms with van der Waals surface area (Å²) in [6.07, 6.45) is 7.66. The van der Waals surface area contributed by atoms with E-state index < -0.39 is 0 Å². The second-order valence-electron chi connectivity index (χ2n) is 6.76. The fourth-order valence-electron chi connectivity index (χ4n) is 2.85. The first-order chi connectivity index (χ1) is 13.8. The Bertz CT molecular complexity index is 906. The molecule has 0 fully saturated rings. The highest BCUT2D eigenvalue weighted by atomic mass is 32.1. The van der Waals surface area contributed by atoms with Crippen molar-refractivity contribution in [2.24, 2.45) is 10.9 Å². The van der Waals surface area contributed by atoms with E-state index in [1.165, 1.54) is 40.8 Å². The van der Waals surface area contributed by atoms with Crippen LogP contribution in [0.1, 0.15) is 22.4 Å². The van der Waals surface area contributed by atoms with Crippen LogP contribution in [0.3, 0.4) is 0 Å². The molecule has 1 aromatic rings. The normalized spacial score (nSPS) is 15.6. The number of carbonyl (C=O) groups excluding carboxylic acids is 2. The minimum absolute atomic E-state index is 0.201. The number of allylic oxidation sites excluding steroid dienone is 2. The number of nitrogens with one attached hydrogen (secondary N) is 1. The summed E-state index contributed by atoms with van der Waals surface area (Å²) in [6.45, 7) is 7.57. The summed E-state index contributed by atoms with van der Waals surface area (Å²) < 4.78 is 5.29. The lowest BCUT2D eigenvalue weighted by Gasteiger charge is -2.22. The Labute approximate surface area is 174 Å². The lowest BCUT2D eigenvalue weighted by molar-refractivity contribution is -0.111. The first-order valence-electron chi connectivity index (χ1n) is 9.06. The zero-order valence-electron chi connectivity index (χ0n) is 16.6. The van der Waals surface area contributed by atoms with Gasteiger partial charge in [-0.25, -0.2) is 4.79 Å². The summed E-state index contributed by atoms with van der Waals surface area (Å²) in [5, 5.41) is 12.9. The maximum Gasteiger partial charge on any atom is 0.409 e. The van der Waals surface area contributed by atoms with E-state index in [-0.39, 0.29) is 17.9 Å². The van der Waals surface area contributed by atoms with Gasteiger partial charge in [0, 0.05) is 37.5 Å². The molecule has 0 spiro atoms. The number of carbonyl (C=O) groups is 2. The van der Waals surface area contributed by atoms with Crippen LogP contribution in [0.15, 0.2) is 42.1 Å². The van der Waals surface area contributed by atoms with E-state index >= 15 is 0 Å². The van der Waals surface area contributed by atoms with Crippen LogP contribution in [0.2, 0.25) is 0 Å². The van der Waals surface area contributed by atoms with Gasteiger partial charge in [0.1, 0.15) is 11.1 Å². The van der Waals surface area contributed by atoms with E-state index in [2.05, 4.69) is 29.5 Å². The fourth-order valence-corrected chi connectivity index (χ4v) is 4.16. The summed E-state index contributed by atoms with van der Waals surface area (Å²) in [5.41, 5.74) is 2.05. The van der Waals surface area contributed by atoms with Crippen molar-refractivity contribution in [3.63, 3.8) is 0 Å². The fraction of sp³-hybridized carbons (Fsp3) is 0.333. The molecule has 1 heterocycles. The van der Waals surface area contributed by atoms with Crippen molar-refractivity contribution >= 4 is 34.6 Å². The Balaban J connectivity index is 2.05. The van der Waals surface area contributed by atoms with Crippen molar-refractivity contribution in [1.29, 1.82) is 5.26 Å². The lowest BCUT2D eigenvalue weighted by atomic mass is 9.88. The number of hydrogen-bond donors (Lipinski definition) is 1. The maximum atomic E-state index is 12.2. The lowest BCUT2D eigenvalue weighted by Crippen LogP contribution is -2.27. The van der Waals surface area contributed by atoms with Gasteiger partial charge in [0.05, 0.1) is 12.2 Å². The Kier molecular flexibility index (Phi) is 7.92. The first-order valence-corrected chi connectivity index (χ1v) is 9.88. The van der Waals surface area contributed by atoms with Gasteiger partial charge in [0.2, 0.25) is 5.91 Å². The average Bonchev–Trinajstić information content (AvgIpc) is 3.04. The molecule has 1 atom stereocenters. The Morgan fingerprint density at radius 2 is 2.21 bits per heavy atom. The van der Waals surface area contributed by atoms with Crippen LogP contribution in [0.4, 0.5) is 9.80 Å². The van der Waals surface area contributed by atoms with Crippen LogP contribution < -0.4 is 5.32 Å². The van der Waals surface area contributed by atoms with Gasteiger partial charge in [-0.15, -0.1) is 11.3 Å². The molecule has 0 saturated carbocycles. The number of aliphatic imine (C=N–C) groups is 1. The van der Waals surface area contributed by atoms with E-state index in [1.807, 2.05) is 0 Å². The zero-order valence-corrected chi connectivity index (χ0v) is 17.4. The van der Waals surface area contributed by atoms with E-state index in [1.54, 1.807) is 14.1 Å². The summed E-state index contributed by atoms with van der Waals surface area (Å²) in [7, 11) is 3.29. The average molecular weight is 413 g/mol. The van der Waals surface area contributed by atoms with E-state index in [9.17, 15) is 14.9 Å². The minimum atomic E-state index is -0.362. The van der Waals surface area contributed by atoms with Crippen LogP contribution >= 0.6 is 11.3 Å². The molecule has 0 unspecified atom stereocenters. The molecule has 1 N–H and O–H groups in total. The Hall–Kier alpha value is -3.18. The molecule has 0 aromatic carbocycles. The quantitative estimate of drug-likeness (QED) is 0.420. The van der Waals surface area contributed by atoms with Gasteiger partial charge in [-0.3, -0.25) is 9.79 Å². The van der Waals surface area contributed by atoms with Crippen LogP contribution in [0.5, 0.6) is 0 Å². The number of thiophene rings is 1. The second-order valence-corrected chi connectivity index (χ2v) is 7.86. The number of anilines is 1. The molecule has 152 valence electrons. The van der Waals surface area contributed by atoms with E-state index in [0.29, 0.717) is 22.7 Å². The molecule has 2 rings (SSSR count). The number of fused-ring (bicyclic) bond motifs is 1. The number of ether oxygens (including phenoxy) is 1. The molecule has 0 aliphatic heterocycles. The van der Waals surface area contributed by atoms with Gasteiger partial charge >= 0.3 is 6.09 Å². The smallest absolute Gasteiger partial charge is 0.409 e. The molecule has 29 heavy (non-hydrogen) atoms. The molecule has 1 aliphatic rings. The molecular formula is C21H24N4O3S. The van der Waals surface area contributed by atoms with Gasteiger partial charge in [0.25, 0.3) is 0 Å². The molecule has 7 nitrogen and oxygen atoms in total. The van der Waals surface area contributed by atoms with Gasteiger partial charge < -0.3 is 15.0 Å². The van der Waals surface area contributed by atoms with Crippen molar-refractivity contribution < 1.29 is 14.3 Å². The van der Waals surface area contributed by atoms with Crippen molar-refractivity contribution in [1.82, 2.24) is 4.90 Å². The monoisotopic (exact) mass is 412 g/mol. The van der Waals surface area contributed by atoms with Crippen LogP contribution in [0, 0.1) is 17.2 Å². The predicted octanol–water partition coefficient (Wildman–Crippen LogP) is 3.69. The molecule has 1 aromatic heterocycles. The second kappa shape index (κ2) is 10.4. The molecule has 0 radical (unpaired) electrons. The summed E-state index contributed by atoms with van der Waals surface area (Å²) in [5.74, 6) is -0.141. The van der Waals surface area contributed by atoms with Crippen LogP contribution in [-0.4, -0.2) is 43.8 Å². The zero-order chi connectivity index (χ0) is 21.4. The molecule has 0 saturated heterocycles. The summed E-state index contributed by atoms with van der Waals surface area (Å²) >= 11 is 1.41. The number of amides is 2. The van der Waals surface area contributed by atoms with Crippen molar-refractivity contribution in [2.75, 3.05) is 26.0 Å². The molecular weight excluding hydrogens is 388 g/mol. The highest BCUT2D eigenvalue weighted by molar-refractivity contribution is 7.16. The van der Waals surface area contributed by atoms with Gasteiger partial charge in [-0.2, -0.15) is 5.26 Å². The van der Waals surface area contributed by atoms with Crippen molar-refractivity contribution in [3.05, 3.63) is 53.1 Å². The predicted molar refractivity (Wildman–Crippen MR) is 115 cm³/mol. The van der Waals surface area contributed by atoms with Crippen molar-refractivity contribution in [2.45, 2.75) is 19.3 Å². The van der Waals surface area contributed by atoms with Gasteiger partial charge in [-0.1, -0.05) is 13.2 Å². The van der Waals surface area contributed by atoms with Crippen LogP contribution in [-0.2, 0) is 22.4 Å². The summed E-state index contributed by atoms with van der Waals surface area (Å²) in [6, 6.07) is 2.21. The van der Waals surface area contributed by atoms with Crippen molar-refractivity contribution in [3.8, 4) is 6.07 Å². The van der Waals surface area contributed by atoms with E-state index in [0.717, 1.165) is 29.7 Å². The Morgan fingerprint density at radius 1 is 1.45 bits per heavy atom. The molecule has 1 aliphatic carbocycles. The Morgan fingerprint density at radius 3 is 2.86 bits per heavy atom. The third kappa shape index (κ3) is 6.16. The summed E-state index contributed by atoms with van der Waals surface area (Å²) in [4.78, 5) is 30.1. The number of rotatable bonds is 7. The number of nitrogens with zero attached hydrogens (tertiary/aromatic N) is 3. The SMILES string of the molecule is C=CN=CC(=C)/C=C/C(=O)Nc1sc2c(c1C#N)CC[C@@H](COC(=O)N(C)C)C2. The van der Waals surface area contributed by atoms with Gasteiger partial charge in [0.15, 0.2) is 0 Å². The standard InChI is InChI=1S/C21H24N4O3S/c1-5-23-12-14(2)6-9-19(26)24-20-17(11-22)16-8-7-15(10-18(16)29-20)13-28-21(27)25(3)4/h5-6,9,12,15H,1-2,7-8,10,13H2,3-4H3,(H,24,26)/b9-6+,23-12?/t15-/m1/s1. The molecule has 2 amide bonds. The number of nitriles is 1. The molecule has 0 bridgehead atoms. The third-order valence-corrected chi connectivity index (χ3v) is 5.49.